The zero-order valence-electron chi connectivity index (χ0n) is 18.0. The molecule has 176 valence electrons. The van der Waals surface area contributed by atoms with Crippen molar-refractivity contribution in [3.8, 4) is 0 Å². The number of amides is 1. The Morgan fingerprint density at radius 1 is 1.12 bits per heavy atom. The molecule has 1 amide bonds. The van der Waals surface area contributed by atoms with E-state index in [0.29, 0.717) is 35.2 Å². The minimum absolute atomic E-state index is 0.242. The first-order valence-electron chi connectivity index (χ1n) is 10.9. The maximum atomic E-state index is 13.1. The van der Waals surface area contributed by atoms with Crippen molar-refractivity contribution in [2.24, 2.45) is 5.92 Å². The van der Waals surface area contributed by atoms with Gasteiger partial charge >= 0.3 is 0 Å². The Hall–Kier alpha value is -1.64. The first kappa shape index (κ1) is 24.5. The van der Waals surface area contributed by atoms with E-state index in [4.69, 9.17) is 23.2 Å². The summed E-state index contributed by atoms with van der Waals surface area (Å²) in [4.78, 5) is 13.1. The molecule has 0 saturated carbocycles. The highest BCUT2D eigenvalue weighted by Gasteiger charge is 2.30. The first-order valence-corrected chi connectivity index (χ1v) is 13.9. The number of alkyl halides is 2. The van der Waals surface area contributed by atoms with Gasteiger partial charge < -0.3 is 5.32 Å². The number of hydrogen-bond acceptors (Lipinski definition) is 4. The summed E-state index contributed by atoms with van der Waals surface area (Å²) >= 11 is 13.2. The first-order chi connectivity index (χ1) is 15.7. The van der Waals surface area contributed by atoms with E-state index in [1.165, 1.54) is 16.9 Å². The summed E-state index contributed by atoms with van der Waals surface area (Å²) in [6.45, 7) is 1.33. The molecule has 33 heavy (non-hydrogen) atoms. The average Bonchev–Trinajstić information content (AvgIpc) is 3.29. The van der Waals surface area contributed by atoms with Gasteiger partial charge in [-0.05, 0) is 49.0 Å². The van der Waals surface area contributed by atoms with Gasteiger partial charge in [0.2, 0.25) is 0 Å². The monoisotopic (exact) mass is 524 g/mol. The average molecular weight is 526 g/mol. The second kappa shape index (κ2) is 10.3. The number of nitrogens with zero attached hydrogens (tertiary/aromatic N) is 1. The van der Waals surface area contributed by atoms with Crippen molar-refractivity contribution in [2.45, 2.75) is 40.8 Å². The van der Waals surface area contributed by atoms with Gasteiger partial charge in [-0.25, -0.2) is 8.42 Å². The van der Waals surface area contributed by atoms with E-state index < -0.39 is 14.4 Å². The van der Waals surface area contributed by atoms with E-state index >= 15 is 0 Å². The van der Waals surface area contributed by atoms with Gasteiger partial charge in [-0.1, -0.05) is 65.7 Å². The lowest BCUT2D eigenvalue weighted by Crippen LogP contribution is -2.38. The molecule has 1 saturated heterocycles. The number of allylic oxidation sites excluding steroid dienone is 2. The van der Waals surface area contributed by atoms with Crippen LogP contribution < -0.4 is 5.32 Å². The molecule has 1 aliphatic heterocycles. The number of piperidine rings is 1. The molecule has 9 heteroatoms. The summed E-state index contributed by atoms with van der Waals surface area (Å²) in [6, 6.07) is 13.7. The molecule has 0 radical (unpaired) electrons. The molecule has 1 fully saturated rings. The van der Waals surface area contributed by atoms with Crippen molar-refractivity contribution in [3.05, 3.63) is 76.7 Å². The fourth-order valence-corrected chi connectivity index (χ4v) is 7.25. The molecule has 5 nitrogen and oxygen atoms in total. The van der Waals surface area contributed by atoms with Crippen molar-refractivity contribution in [1.82, 2.24) is 9.62 Å². The quantitative estimate of drug-likeness (QED) is 0.514. The van der Waals surface area contributed by atoms with Crippen LogP contribution in [0, 0.1) is 5.92 Å². The van der Waals surface area contributed by atoms with Gasteiger partial charge in [0.05, 0.1) is 6.54 Å². The van der Waals surface area contributed by atoms with Crippen LogP contribution in [-0.4, -0.2) is 36.1 Å². The number of sulfonamides is 1. The molecular weight excluding hydrogens is 499 g/mol. The maximum Gasteiger partial charge on any atom is 0.252 e. The smallest absolute Gasteiger partial charge is 0.252 e. The van der Waals surface area contributed by atoms with Crippen LogP contribution in [0.5, 0.6) is 0 Å². The number of nitrogens with one attached hydrogen (secondary N) is 1. The fraction of sp³-hybridized carbons (Fsp3) is 0.375. The highest BCUT2D eigenvalue weighted by atomic mass is 35.5. The molecule has 2 aromatic rings. The predicted octanol–water partition coefficient (Wildman–Crippen LogP) is 5.07. The largest absolute Gasteiger partial charge is 0.347 e. The van der Waals surface area contributed by atoms with Crippen LogP contribution in [0.3, 0.4) is 0 Å². The van der Waals surface area contributed by atoms with Crippen molar-refractivity contribution >= 4 is 50.5 Å². The number of carbonyl (C=O) groups excluding carboxylic acids is 1. The molecule has 1 N–H and O–H groups in total. The summed E-state index contributed by atoms with van der Waals surface area (Å²) in [5, 5.41) is 2.83. The zero-order valence-corrected chi connectivity index (χ0v) is 21.2. The topological polar surface area (TPSA) is 66.5 Å². The molecule has 0 bridgehead atoms. The van der Waals surface area contributed by atoms with Gasteiger partial charge in [0, 0.05) is 30.0 Å². The maximum absolute atomic E-state index is 13.1. The molecule has 1 aromatic heterocycles. The minimum Gasteiger partial charge on any atom is -0.347 e. The van der Waals surface area contributed by atoms with Gasteiger partial charge in [-0.2, -0.15) is 4.31 Å². The van der Waals surface area contributed by atoms with Crippen LogP contribution in [0.1, 0.15) is 29.7 Å². The highest BCUT2D eigenvalue weighted by Crippen LogP contribution is 2.32. The van der Waals surface area contributed by atoms with Gasteiger partial charge in [0.1, 0.15) is 8.54 Å². The van der Waals surface area contributed by atoms with E-state index in [2.05, 4.69) is 17.4 Å². The summed E-state index contributed by atoms with van der Waals surface area (Å²) in [5.41, 5.74) is 1.79. The van der Waals surface area contributed by atoms with E-state index in [-0.39, 0.29) is 12.5 Å². The van der Waals surface area contributed by atoms with Crippen molar-refractivity contribution in [3.63, 3.8) is 0 Å². The Kier molecular flexibility index (Phi) is 7.66. The Bertz CT molecular complexity index is 1150. The normalized spacial score (nSPS) is 19.3. The Morgan fingerprint density at radius 3 is 2.52 bits per heavy atom. The Labute approximate surface area is 209 Å². The van der Waals surface area contributed by atoms with Gasteiger partial charge in [0.15, 0.2) is 0 Å². The molecule has 0 spiro atoms. The Balaban J connectivity index is 1.30. The summed E-state index contributed by atoms with van der Waals surface area (Å²) < 4.78 is 27.2. The third-order valence-electron chi connectivity index (χ3n) is 5.96. The van der Waals surface area contributed by atoms with E-state index in [1.807, 2.05) is 18.2 Å². The van der Waals surface area contributed by atoms with E-state index in [0.717, 1.165) is 24.1 Å². The van der Waals surface area contributed by atoms with Crippen LogP contribution in [0.15, 0.2) is 70.5 Å². The predicted molar refractivity (Wildman–Crippen MR) is 134 cm³/mol. The number of hydrogen-bond donors (Lipinski definition) is 1. The lowest BCUT2D eigenvalue weighted by molar-refractivity contribution is -0.117. The summed E-state index contributed by atoms with van der Waals surface area (Å²) in [5.74, 6) is 0.257. The lowest BCUT2D eigenvalue weighted by Gasteiger charge is -2.30. The fourth-order valence-electron chi connectivity index (χ4n) is 4.05. The van der Waals surface area contributed by atoms with E-state index in [9.17, 15) is 13.2 Å². The highest BCUT2D eigenvalue weighted by molar-refractivity contribution is 7.91. The van der Waals surface area contributed by atoms with Crippen molar-refractivity contribution in [1.29, 1.82) is 0 Å². The number of thiophene rings is 1. The Morgan fingerprint density at radius 2 is 1.85 bits per heavy atom. The number of halogens is 2. The van der Waals surface area contributed by atoms with Crippen LogP contribution in [0.25, 0.3) is 0 Å². The van der Waals surface area contributed by atoms with Crippen molar-refractivity contribution < 1.29 is 13.2 Å². The van der Waals surface area contributed by atoms with Gasteiger partial charge in [0.25, 0.3) is 15.9 Å². The van der Waals surface area contributed by atoms with Crippen molar-refractivity contribution in [2.75, 3.05) is 13.1 Å². The minimum atomic E-state index is -3.52. The molecule has 0 unspecified atom stereocenters. The van der Waals surface area contributed by atoms with Gasteiger partial charge in [-0.15, -0.1) is 11.3 Å². The van der Waals surface area contributed by atoms with Crippen LogP contribution in [0.4, 0.5) is 0 Å². The van der Waals surface area contributed by atoms with Crippen LogP contribution >= 0.6 is 34.5 Å². The third-order valence-corrected chi connectivity index (χ3v) is 9.97. The van der Waals surface area contributed by atoms with E-state index in [1.54, 1.807) is 34.7 Å². The zero-order chi connectivity index (χ0) is 23.5. The van der Waals surface area contributed by atoms with Gasteiger partial charge in [-0.3, -0.25) is 4.79 Å². The number of carbonyl (C=O) groups is 1. The molecule has 1 aliphatic carbocycles. The molecule has 2 aliphatic rings. The second-order valence-electron chi connectivity index (χ2n) is 8.40. The van der Waals surface area contributed by atoms with Crippen LogP contribution in [-0.2, 0) is 27.8 Å². The number of rotatable bonds is 7. The number of benzene rings is 1. The molecule has 0 atom stereocenters. The lowest BCUT2D eigenvalue weighted by atomic mass is 9.91. The standard InChI is InChI=1S/C24H26Cl2N2O3S2/c25-24(26)12-8-20(9-13-24)23(29)27-17-21-6-7-22(32-21)33(30,31)28-14-10-19(11-15-28)16-18-4-2-1-3-5-18/h1-9,12,19H,10-11,13-17H2,(H,27,29). The molecular formula is C24H26Cl2N2O3S2. The second-order valence-corrected chi connectivity index (χ2v) is 13.3. The third kappa shape index (κ3) is 6.28. The summed E-state index contributed by atoms with van der Waals surface area (Å²) in [7, 11) is -3.52. The molecule has 2 heterocycles. The SMILES string of the molecule is O=C(NCc1ccc(S(=O)(=O)N2CCC(Cc3ccccc3)CC2)s1)C1=CCC(Cl)(Cl)C=C1. The summed E-state index contributed by atoms with van der Waals surface area (Å²) in [6.07, 6.45) is 7.95. The van der Waals surface area contributed by atoms with Crippen LogP contribution in [0.2, 0.25) is 0 Å². The molecule has 4 rings (SSSR count). The molecule has 1 aromatic carbocycles.